The first-order valence-corrected chi connectivity index (χ1v) is 6.50. The Morgan fingerprint density at radius 1 is 1.39 bits per heavy atom. The maximum absolute atomic E-state index is 11.0. The molecular formula is C14H20N2O2. The number of hydrogen-bond acceptors (Lipinski definition) is 3. The minimum absolute atomic E-state index is 0.177. The number of para-hydroxylation sites is 1. The van der Waals surface area contributed by atoms with Gasteiger partial charge in [-0.15, -0.1) is 0 Å². The van der Waals surface area contributed by atoms with E-state index in [1.807, 2.05) is 13.0 Å². The van der Waals surface area contributed by atoms with Crippen LogP contribution in [0, 0.1) is 22.5 Å². The van der Waals surface area contributed by atoms with Crippen molar-refractivity contribution >= 4 is 11.4 Å². The van der Waals surface area contributed by atoms with E-state index < -0.39 is 0 Å². The average molecular weight is 248 g/mol. The van der Waals surface area contributed by atoms with Crippen molar-refractivity contribution in [3.63, 3.8) is 0 Å². The molecule has 0 aliphatic heterocycles. The molecule has 98 valence electrons. The van der Waals surface area contributed by atoms with E-state index in [0.29, 0.717) is 5.69 Å². The first-order chi connectivity index (χ1) is 8.52. The molecule has 0 aromatic heterocycles. The normalized spacial score (nSPS) is 17.7. The smallest absolute Gasteiger partial charge is 0.292 e. The van der Waals surface area contributed by atoms with E-state index in [2.05, 4.69) is 12.2 Å². The van der Waals surface area contributed by atoms with E-state index >= 15 is 0 Å². The molecule has 1 N–H and O–H groups in total. The molecule has 0 unspecified atom stereocenters. The second-order valence-corrected chi connectivity index (χ2v) is 5.60. The Morgan fingerprint density at radius 2 is 2.06 bits per heavy atom. The zero-order chi connectivity index (χ0) is 13.2. The molecule has 0 atom stereocenters. The van der Waals surface area contributed by atoms with Crippen LogP contribution >= 0.6 is 0 Å². The van der Waals surface area contributed by atoms with Crippen LogP contribution in [0.15, 0.2) is 18.2 Å². The van der Waals surface area contributed by atoms with Gasteiger partial charge in [-0.2, -0.15) is 0 Å². The summed E-state index contributed by atoms with van der Waals surface area (Å²) >= 11 is 0. The molecule has 1 aromatic carbocycles. The van der Waals surface area contributed by atoms with Gasteiger partial charge in [-0.05, 0) is 30.7 Å². The minimum Gasteiger partial charge on any atom is -0.379 e. The highest BCUT2D eigenvalue weighted by molar-refractivity contribution is 5.66. The second-order valence-electron chi connectivity index (χ2n) is 5.60. The fourth-order valence-corrected chi connectivity index (χ4v) is 2.74. The Morgan fingerprint density at radius 3 is 2.67 bits per heavy atom. The van der Waals surface area contributed by atoms with Crippen LogP contribution in [0.1, 0.15) is 38.2 Å². The molecule has 1 saturated carbocycles. The molecule has 4 nitrogen and oxygen atoms in total. The van der Waals surface area contributed by atoms with E-state index in [0.717, 1.165) is 12.1 Å². The molecule has 0 heterocycles. The first kappa shape index (κ1) is 12.9. The molecule has 1 aliphatic carbocycles. The molecule has 1 fully saturated rings. The summed E-state index contributed by atoms with van der Waals surface area (Å²) in [7, 11) is 0. The predicted octanol–water partition coefficient (Wildman–Crippen LogP) is 3.90. The van der Waals surface area contributed by atoms with Crippen LogP contribution in [-0.2, 0) is 0 Å². The van der Waals surface area contributed by atoms with Crippen LogP contribution < -0.4 is 5.32 Å². The number of nitro groups is 1. The van der Waals surface area contributed by atoms with E-state index in [-0.39, 0.29) is 16.0 Å². The molecule has 2 rings (SSSR count). The fraction of sp³-hybridized carbons (Fsp3) is 0.571. The number of aryl methyl sites for hydroxylation is 1. The molecule has 4 heteroatoms. The number of nitrogens with zero attached hydrogens (tertiary/aromatic N) is 1. The Labute approximate surface area is 108 Å². The molecule has 0 bridgehead atoms. The number of nitro benzene ring substituents is 1. The number of anilines is 1. The molecule has 0 spiro atoms. The van der Waals surface area contributed by atoms with E-state index in [1.165, 1.54) is 25.7 Å². The van der Waals surface area contributed by atoms with Crippen molar-refractivity contribution in [2.24, 2.45) is 5.41 Å². The Hall–Kier alpha value is -1.58. The van der Waals surface area contributed by atoms with Crippen LogP contribution in [0.3, 0.4) is 0 Å². The predicted molar refractivity (Wildman–Crippen MR) is 72.9 cm³/mol. The van der Waals surface area contributed by atoms with Gasteiger partial charge in [-0.3, -0.25) is 10.1 Å². The molecule has 0 amide bonds. The zero-order valence-electron chi connectivity index (χ0n) is 11.0. The van der Waals surface area contributed by atoms with Gasteiger partial charge < -0.3 is 5.32 Å². The van der Waals surface area contributed by atoms with E-state index in [4.69, 9.17) is 0 Å². The summed E-state index contributed by atoms with van der Waals surface area (Å²) in [6, 6.07) is 5.20. The summed E-state index contributed by atoms with van der Waals surface area (Å²) in [6.45, 7) is 4.99. The Kier molecular flexibility index (Phi) is 3.55. The second kappa shape index (κ2) is 4.96. The molecule has 0 saturated heterocycles. The summed E-state index contributed by atoms with van der Waals surface area (Å²) in [4.78, 5) is 10.7. The van der Waals surface area contributed by atoms with Gasteiger partial charge in [-0.1, -0.05) is 31.9 Å². The quantitative estimate of drug-likeness (QED) is 0.649. The summed E-state index contributed by atoms with van der Waals surface area (Å²) < 4.78 is 0. The average Bonchev–Trinajstić information content (AvgIpc) is 2.74. The van der Waals surface area contributed by atoms with Crippen molar-refractivity contribution in [3.8, 4) is 0 Å². The van der Waals surface area contributed by atoms with Crippen LogP contribution in [0.2, 0.25) is 0 Å². The third kappa shape index (κ3) is 2.63. The molecule has 1 aromatic rings. The maximum Gasteiger partial charge on any atom is 0.292 e. The van der Waals surface area contributed by atoms with Gasteiger partial charge in [0.2, 0.25) is 0 Å². The summed E-state index contributed by atoms with van der Waals surface area (Å²) in [6.07, 6.45) is 4.96. The molecular weight excluding hydrogens is 228 g/mol. The Bertz CT molecular complexity index is 451. The minimum atomic E-state index is -0.313. The van der Waals surface area contributed by atoms with Gasteiger partial charge in [-0.25, -0.2) is 0 Å². The lowest BCUT2D eigenvalue weighted by Crippen LogP contribution is -2.23. The summed E-state index contributed by atoms with van der Waals surface area (Å²) in [5.74, 6) is 0. The van der Waals surface area contributed by atoms with E-state index in [1.54, 1.807) is 12.1 Å². The largest absolute Gasteiger partial charge is 0.379 e. The molecule has 0 radical (unpaired) electrons. The van der Waals surface area contributed by atoms with Crippen molar-refractivity contribution < 1.29 is 4.92 Å². The third-order valence-corrected chi connectivity index (χ3v) is 3.95. The lowest BCUT2D eigenvalue weighted by atomic mass is 9.89. The lowest BCUT2D eigenvalue weighted by Gasteiger charge is -2.24. The van der Waals surface area contributed by atoms with Crippen molar-refractivity contribution in [2.45, 2.75) is 39.5 Å². The van der Waals surface area contributed by atoms with Gasteiger partial charge >= 0.3 is 0 Å². The highest BCUT2D eigenvalue weighted by Crippen LogP contribution is 2.38. The monoisotopic (exact) mass is 248 g/mol. The molecule has 1 aliphatic rings. The standard InChI is InChI=1S/C14H20N2O2/c1-11-6-5-7-12(16(17)18)13(11)15-10-14(2)8-3-4-9-14/h5-7,15H,3-4,8-10H2,1-2H3. The maximum atomic E-state index is 11.0. The molecule has 18 heavy (non-hydrogen) atoms. The van der Waals surface area contributed by atoms with Crippen LogP contribution in [0.25, 0.3) is 0 Å². The van der Waals surface area contributed by atoms with Crippen molar-refractivity contribution in [1.82, 2.24) is 0 Å². The third-order valence-electron chi connectivity index (χ3n) is 3.95. The van der Waals surface area contributed by atoms with Gasteiger partial charge in [0.25, 0.3) is 5.69 Å². The lowest BCUT2D eigenvalue weighted by molar-refractivity contribution is -0.384. The van der Waals surface area contributed by atoms with Crippen LogP contribution in [0.4, 0.5) is 11.4 Å². The fourth-order valence-electron chi connectivity index (χ4n) is 2.74. The van der Waals surface area contributed by atoms with E-state index in [9.17, 15) is 10.1 Å². The number of benzene rings is 1. The number of nitrogens with one attached hydrogen (secondary N) is 1. The van der Waals surface area contributed by atoms with Gasteiger partial charge in [0.1, 0.15) is 5.69 Å². The topological polar surface area (TPSA) is 55.2 Å². The van der Waals surface area contributed by atoms with Crippen molar-refractivity contribution in [2.75, 3.05) is 11.9 Å². The summed E-state index contributed by atoms with van der Waals surface area (Å²) in [5, 5.41) is 14.3. The van der Waals surface area contributed by atoms with Crippen molar-refractivity contribution in [1.29, 1.82) is 0 Å². The summed E-state index contributed by atoms with van der Waals surface area (Å²) in [5.41, 5.74) is 2.08. The van der Waals surface area contributed by atoms with Gasteiger partial charge in [0.15, 0.2) is 0 Å². The number of rotatable bonds is 4. The van der Waals surface area contributed by atoms with Crippen LogP contribution in [-0.4, -0.2) is 11.5 Å². The van der Waals surface area contributed by atoms with Gasteiger partial charge in [0.05, 0.1) is 4.92 Å². The van der Waals surface area contributed by atoms with Gasteiger partial charge in [0, 0.05) is 12.6 Å². The first-order valence-electron chi connectivity index (χ1n) is 6.50. The number of hydrogen-bond donors (Lipinski definition) is 1. The highest BCUT2D eigenvalue weighted by atomic mass is 16.6. The highest BCUT2D eigenvalue weighted by Gasteiger charge is 2.29. The Balaban J connectivity index is 2.15. The van der Waals surface area contributed by atoms with Crippen molar-refractivity contribution in [3.05, 3.63) is 33.9 Å². The van der Waals surface area contributed by atoms with Crippen LogP contribution in [0.5, 0.6) is 0 Å². The zero-order valence-corrected chi connectivity index (χ0v) is 11.0. The SMILES string of the molecule is Cc1cccc([N+](=O)[O-])c1NCC1(C)CCCC1.